The number of hydrogen-bond donors (Lipinski definition) is 2. The fourth-order valence-corrected chi connectivity index (χ4v) is 5.12. The summed E-state index contributed by atoms with van der Waals surface area (Å²) in [5.74, 6) is -0.629. The molecule has 2 N–H and O–H groups in total. The Labute approximate surface area is 206 Å². The van der Waals surface area contributed by atoms with Crippen LogP contribution in [0.3, 0.4) is 0 Å². The lowest BCUT2D eigenvalue weighted by Crippen LogP contribution is -2.36. The Morgan fingerprint density at radius 3 is 2.75 bits per heavy atom. The van der Waals surface area contributed by atoms with Crippen LogP contribution in [0.4, 0.5) is 10.1 Å². The van der Waals surface area contributed by atoms with Gasteiger partial charge in [-0.2, -0.15) is 10.2 Å². The van der Waals surface area contributed by atoms with Crippen molar-refractivity contribution in [2.45, 2.75) is 37.8 Å². The SMILES string of the molecule is O=c1[nH]nc2c3c(cc(F)cc13)N=CC(c1ccc(CN3CCC3)cc1)C2c1ncnn1CCCO. The smallest absolute Gasteiger partial charge is 0.272 e. The molecule has 0 amide bonds. The van der Waals surface area contributed by atoms with Gasteiger partial charge in [0.2, 0.25) is 0 Å². The van der Waals surface area contributed by atoms with Crippen LogP contribution in [0.2, 0.25) is 0 Å². The lowest BCUT2D eigenvalue weighted by molar-refractivity contribution is 0.172. The number of hydrogen-bond acceptors (Lipinski definition) is 7. The summed E-state index contributed by atoms with van der Waals surface area (Å²) in [6.45, 7) is 3.68. The number of aromatic amines is 1. The molecule has 4 aromatic rings. The fraction of sp³-hybridized carbons (Fsp3) is 0.346. The van der Waals surface area contributed by atoms with E-state index in [-0.39, 0.29) is 17.9 Å². The summed E-state index contributed by atoms with van der Waals surface area (Å²) >= 11 is 0. The van der Waals surface area contributed by atoms with Crippen molar-refractivity contribution in [3.63, 3.8) is 0 Å². The van der Waals surface area contributed by atoms with Crippen LogP contribution in [0.1, 0.15) is 47.3 Å². The van der Waals surface area contributed by atoms with E-state index < -0.39 is 17.3 Å². The molecule has 2 aromatic carbocycles. The van der Waals surface area contributed by atoms with Gasteiger partial charge in [-0.3, -0.25) is 14.7 Å². The highest BCUT2D eigenvalue weighted by molar-refractivity contribution is 5.97. The Balaban J connectivity index is 1.51. The first-order valence-electron chi connectivity index (χ1n) is 12.2. The van der Waals surface area contributed by atoms with E-state index in [4.69, 9.17) is 0 Å². The average Bonchev–Trinajstić information content (AvgIpc) is 3.25. The average molecular weight is 488 g/mol. The highest BCUT2D eigenvalue weighted by Crippen LogP contribution is 2.43. The predicted molar refractivity (Wildman–Crippen MR) is 133 cm³/mol. The van der Waals surface area contributed by atoms with Gasteiger partial charge in [-0.25, -0.2) is 19.2 Å². The van der Waals surface area contributed by atoms with Gasteiger partial charge in [0.1, 0.15) is 18.0 Å². The number of benzene rings is 2. The maximum absolute atomic E-state index is 14.4. The Morgan fingerprint density at radius 2 is 2.00 bits per heavy atom. The summed E-state index contributed by atoms with van der Waals surface area (Å²) < 4.78 is 16.2. The number of aryl methyl sites for hydroxylation is 1. The van der Waals surface area contributed by atoms with Crippen molar-refractivity contribution in [1.82, 2.24) is 29.9 Å². The van der Waals surface area contributed by atoms with Gasteiger partial charge < -0.3 is 5.11 Å². The van der Waals surface area contributed by atoms with E-state index in [2.05, 4.69) is 54.4 Å². The zero-order chi connectivity index (χ0) is 24.6. The minimum absolute atomic E-state index is 0.0244. The number of halogens is 1. The lowest BCUT2D eigenvalue weighted by atomic mass is 9.82. The molecular weight excluding hydrogens is 461 g/mol. The highest BCUT2D eigenvalue weighted by atomic mass is 19.1. The van der Waals surface area contributed by atoms with E-state index in [9.17, 15) is 14.3 Å². The number of aliphatic hydroxyl groups excluding tert-OH is 1. The normalized spacial score (nSPS) is 19.4. The van der Waals surface area contributed by atoms with Gasteiger partial charge in [-0.05, 0) is 43.1 Å². The summed E-state index contributed by atoms with van der Waals surface area (Å²) in [6.07, 6.45) is 5.04. The minimum Gasteiger partial charge on any atom is -0.396 e. The number of rotatable bonds is 7. The molecule has 2 unspecified atom stereocenters. The van der Waals surface area contributed by atoms with Crippen molar-refractivity contribution >= 4 is 22.7 Å². The molecular formula is C26H26FN7O2. The number of likely N-dealkylation sites (tertiary alicyclic amines) is 1. The number of aliphatic imine (C=N–C) groups is 1. The summed E-state index contributed by atoms with van der Waals surface area (Å²) in [7, 11) is 0. The van der Waals surface area contributed by atoms with Gasteiger partial charge in [0.15, 0.2) is 0 Å². The van der Waals surface area contributed by atoms with Crippen molar-refractivity contribution in [3.05, 3.63) is 81.5 Å². The molecule has 6 rings (SSSR count). The first kappa shape index (κ1) is 22.7. The largest absolute Gasteiger partial charge is 0.396 e. The topological polar surface area (TPSA) is 112 Å². The fourth-order valence-electron chi connectivity index (χ4n) is 5.12. The molecule has 4 heterocycles. The number of nitrogens with one attached hydrogen (secondary N) is 1. The van der Waals surface area contributed by atoms with Crippen LogP contribution in [-0.4, -0.2) is 60.9 Å². The van der Waals surface area contributed by atoms with Gasteiger partial charge in [0.05, 0.1) is 22.7 Å². The number of H-pyrrole nitrogens is 1. The van der Waals surface area contributed by atoms with Gasteiger partial charge in [0.25, 0.3) is 5.56 Å². The van der Waals surface area contributed by atoms with Gasteiger partial charge >= 0.3 is 0 Å². The van der Waals surface area contributed by atoms with Crippen LogP contribution in [0.25, 0.3) is 10.8 Å². The van der Waals surface area contributed by atoms with E-state index >= 15 is 0 Å². The molecule has 2 aromatic heterocycles. The molecule has 1 saturated heterocycles. The Morgan fingerprint density at radius 1 is 1.17 bits per heavy atom. The Kier molecular flexibility index (Phi) is 5.90. The van der Waals surface area contributed by atoms with Crippen LogP contribution in [-0.2, 0) is 13.1 Å². The van der Waals surface area contributed by atoms with Crippen LogP contribution in [0, 0.1) is 5.82 Å². The summed E-state index contributed by atoms with van der Waals surface area (Å²) in [6, 6.07) is 11.0. The van der Waals surface area contributed by atoms with Crippen LogP contribution in [0.15, 0.2) is 52.5 Å². The van der Waals surface area contributed by atoms with E-state index in [1.54, 1.807) is 10.9 Å². The third-order valence-corrected chi connectivity index (χ3v) is 7.06. The summed E-state index contributed by atoms with van der Waals surface area (Å²) in [4.78, 5) is 24.2. The molecule has 1 fully saturated rings. The molecule has 9 nitrogen and oxygen atoms in total. The van der Waals surface area contributed by atoms with Crippen molar-refractivity contribution in [2.75, 3.05) is 19.7 Å². The van der Waals surface area contributed by atoms with Gasteiger partial charge in [-0.15, -0.1) is 0 Å². The van der Waals surface area contributed by atoms with Gasteiger partial charge in [-0.1, -0.05) is 24.3 Å². The molecule has 0 saturated carbocycles. The standard InChI is InChI=1S/C26H26FN7O2/c27-18-11-19-22-21(12-18)28-13-20(17-5-3-16(4-6-17)14-33-7-1-8-33)23(24(22)31-32-26(19)36)25-29-15-30-34(25)9-2-10-35/h3-6,11-13,15,20,23,35H,1-2,7-10,14H2,(H,32,36). The highest BCUT2D eigenvalue weighted by Gasteiger charge is 2.35. The lowest BCUT2D eigenvalue weighted by Gasteiger charge is -2.30. The zero-order valence-electron chi connectivity index (χ0n) is 19.6. The first-order chi connectivity index (χ1) is 17.6. The monoisotopic (exact) mass is 487 g/mol. The quantitative estimate of drug-likeness (QED) is 0.415. The van der Waals surface area contributed by atoms with Crippen molar-refractivity contribution in [1.29, 1.82) is 0 Å². The maximum atomic E-state index is 14.4. The van der Waals surface area contributed by atoms with E-state index in [0.717, 1.165) is 25.2 Å². The third kappa shape index (κ3) is 4.02. The molecule has 0 bridgehead atoms. The molecule has 2 atom stereocenters. The van der Waals surface area contributed by atoms with Crippen LogP contribution >= 0.6 is 0 Å². The van der Waals surface area contributed by atoms with Crippen molar-refractivity contribution in [2.24, 2.45) is 4.99 Å². The Bertz CT molecular complexity index is 1490. The van der Waals surface area contributed by atoms with Crippen LogP contribution < -0.4 is 5.56 Å². The van der Waals surface area contributed by atoms with E-state index in [0.29, 0.717) is 35.6 Å². The van der Waals surface area contributed by atoms with Crippen LogP contribution in [0.5, 0.6) is 0 Å². The van der Waals surface area contributed by atoms with Gasteiger partial charge in [0, 0.05) is 43.3 Å². The maximum Gasteiger partial charge on any atom is 0.272 e. The second-order valence-electron chi connectivity index (χ2n) is 9.36. The molecule has 10 heteroatoms. The second kappa shape index (κ2) is 9.36. The van der Waals surface area contributed by atoms with E-state index in [1.807, 2.05) is 0 Å². The molecule has 2 aliphatic heterocycles. The molecule has 0 radical (unpaired) electrons. The number of aromatic nitrogens is 5. The zero-order valence-corrected chi connectivity index (χ0v) is 19.6. The molecule has 0 spiro atoms. The predicted octanol–water partition coefficient (Wildman–Crippen LogP) is 2.87. The second-order valence-corrected chi connectivity index (χ2v) is 9.36. The molecule has 184 valence electrons. The first-order valence-corrected chi connectivity index (χ1v) is 12.2. The minimum atomic E-state index is -0.534. The molecule has 2 aliphatic rings. The summed E-state index contributed by atoms with van der Waals surface area (Å²) in [5.41, 5.74) is 2.69. The molecule has 36 heavy (non-hydrogen) atoms. The molecule has 0 aliphatic carbocycles. The van der Waals surface area contributed by atoms with Crippen molar-refractivity contribution < 1.29 is 9.50 Å². The van der Waals surface area contributed by atoms with E-state index in [1.165, 1.54) is 30.4 Å². The summed E-state index contributed by atoms with van der Waals surface area (Å²) in [5, 5.41) is 21.5. The number of aliphatic hydroxyl groups is 1. The third-order valence-electron chi connectivity index (χ3n) is 7.06. The van der Waals surface area contributed by atoms with Crippen molar-refractivity contribution in [3.8, 4) is 0 Å². The Hall–Kier alpha value is -3.76. The number of nitrogens with zero attached hydrogens (tertiary/aromatic N) is 6.